The van der Waals surface area contributed by atoms with E-state index in [1.807, 2.05) is 13.0 Å². The van der Waals surface area contributed by atoms with E-state index in [1.54, 1.807) is 12.5 Å². The van der Waals surface area contributed by atoms with Crippen LogP contribution in [0.3, 0.4) is 0 Å². The summed E-state index contributed by atoms with van der Waals surface area (Å²) in [4.78, 5) is 11.4. The van der Waals surface area contributed by atoms with Gasteiger partial charge in [0.1, 0.15) is 0 Å². The van der Waals surface area contributed by atoms with Crippen molar-refractivity contribution in [3.63, 3.8) is 0 Å². The third kappa shape index (κ3) is 3.22. The van der Waals surface area contributed by atoms with Gasteiger partial charge in [0.05, 0.1) is 18.6 Å². The minimum absolute atomic E-state index is 0.104. The summed E-state index contributed by atoms with van der Waals surface area (Å²) in [5.74, 6) is -0.104. The number of nitrogens with one attached hydrogen (secondary N) is 1. The molecule has 0 aliphatic rings. The van der Waals surface area contributed by atoms with Gasteiger partial charge in [-0.15, -0.1) is 0 Å². The molecule has 0 radical (unpaired) electrons. The molecule has 78 valence electrons. The van der Waals surface area contributed by atoms with Crippen LogP contribution in [0.5, 0.6) is 0 Å². The molecular weight excluding hydrogens is 180 g/mol. The SMILES string of the molecule is CCCC(N)C(=O)NCc1ccoc1. The molecule has 1 amide bonds. The van der Waals surface area contributed by atoms with Gasteiger partial charge in [0.15, 0.2) is 0 Å². The molecule has 0 bridgehead atoms. The van der Waals surface area contributed by atoms with Gasteiger partial charge in [0.25, 0.3) is 0 Å². The number of hydrogen-bond acceptors (Lipinski definition) is 3. The van der Waals surface area contributed by atoms with E-state index in [4.69, 9.17) is 10.2 Å². The number of amides is 1. The Morgan fingerprint density at radius 2 is 2.50 bits per heavy atom. The fraction of sp³-hybridized carbons (Fsp3) is 0.500. The van der Waals surface area contributed by atoms with Crippen LogP contribution in [-0.4, -0.2) is 11.9 Å². The molecule has 1 aromatic heterocycles. The molecular formula is C10H16N2O2. The summed E-state index contributed by atoms with van der Waals surface area (Å²) >= 11 is 0. The van der Waals surface area contributed by atoms with Crippen LogP contribution < -0.4 is 11.1 Å². The van der Waals surface area contributed by atoms with E-state index in [-0.39, 0.29) is 5.91 Å². The van der Waals surface area contributed by atoms with Gasteiger partial charge in [0.2, 0.25) is 5.91 Å². The van der Waals surface area contributed by atoms with Crippen molar-refractivity contribution in [1.82, 2.24) is 5.32 Å². The first-order valence-corrected chi connectivity index (χ1v) is 4.78. The van der Waals surface area contributed by atoms with E-state index in [2.05, 4.69) is 5.32 Å². The predicted molar refractivity (Wildman–Crippen MR) is 53.4 cm³/mol. The zero-order chi connectivity index (χ0) is 10.4. The molecule has 4 nitrogen and oxygen atoms in total. The van der Waals surface area contributed by atoms with Crippen LogP contribution in [0, 0.1) is 0 Å². The topological polar surface area (TPSA) is 68.3 Å². The van der Waals surface area contributed by atoms with Crippen LogP contribution in [0.25, 0.3) is 0 Å². The molecule has 3 N–H and O–H groups in total. The molecule has 1 rings (SSSR count). The molecule has 0 aromatic carbocycles. The molecule has 0 aliphatic carbocycles. The maximum Gasteiger partial charge on any atom is 0.237 e. The zero-order valence-corrected chi connectivity index (χ0v) is 8.32. The maximum absolute atomic E-state index is 11.4. The van der Waals surface area contributed by atoms with Crippen molar-refractivity contribution in [2.45, 2.75) is 32.4 Å². The van der Waals surface area contributed by atoms with Crippen molar-refractivity contribution in [3.8, 4) is 0 Å². The molecule has 0 spiro atoms. The average molecular weight is 196 g/mol. The van der Waals surface area contributed by atoms with Crippen LogP contribution >= 0.6 is 0 Å². The van der Waals surface area contributed by atoms with Crippen molar-refractivity contribution in [2.24, 2.45) is 5.73 Å². The summed E-state index contributed by atoms with van der Waals surface area (Å²) in [7, 11) is 0. The van der Waals surface area contributed by atoms with Gasteiger partial charge in [-0.1, -0.05) is 13.3 Å². The zero-order valence-electron chi connectivity index (χ0n) is 8.32. The van der Waals surface area contributed by atoms with Crippen molar-refractivity contribution in [1.29, 1.82) is 0 Å². The fourth-order valence-electron chi connectivity index (χ4n) is 1.16. The first-order chi connectivity index (χ1) is 6.74. The molecule has 0 saturated carbocycles. The largest absolute Gasteiger partial charge is 0.472 e. The van der Waals surface area contributed by atoms with Crippen LogP contribution in [-0.2, 0) is 11.3 Å². The lowest BCUT2D eigenvalue weighted by Gasteiger charge is -2.09. The first kappa shape index (κ1) is 10.8. The highest BCUT2D eigenvalue weighted by molar-refractivity contribution is 5.81. The van der Waals surface area contributed by atoms with E-state index in [0.717, 1.165) is 18.4 Å². The average Bonchev–Trinajstić information content (AvgIpc) is 2.67. The van der Waals surface area contributed by atoms with E-state index < -0.39 is 6.04 Å². The van der Waals surface area contributed by atoms with Crippen molar-refractivity contribution in [3.05, 3.63) is 24.2 Å². The summed E-state index contributed by atoms with van der Waals surface area (Å²) in [6.07, 6.45) is 4.82. The molecule has 1 aromatic rings. The maximum atomic E-state index is 11.4. The van der Waals surface area contributed by atoms with E-state index in [9.17, 15) is 4.79 Å². The number of furan rings is 1. The number of hydrogen-bond donors (Lipinski definition) is 2. The van der Waals surface area contributed by atoms with Crippen molar-refractivity contribution < 1.29 is 9.21 Å². The number of nitrogens with two attached hydrogens (primary N) is 1. The highest BCUT2D eigenvalue weighted by Gasteiger charge is 2.11. The van der Waals surface area contributed by atoms with Crippen LogP contribution in [0.1, 0.15) is 25.3 Å². The second-order valence-corrected chi connectivity index (χ2v) is 3.24. The summed E-state index contributed by atoms with van der Waals surface area (Å²) in [5.41, 5.74) is 6.58. The minimum Gasteiger partial charge on any atom is -0.472 e. The van der Waals surface area contributed by atoms with Crippen LogP contribution in [0.4, 0.5) is 0 Å². The number of carbonyl (C=O) groups is 1. The third-order valence-electron chi connectivity index (χ3n) is 1.98. The highest BCUT2D eigenvalue weighted by atomic mass is 16.3. The molecule has 1 heterocycles. The van der Waals surface area contributed by atoms with Gasteiger partial charge in [-0.2, -0.15) is 0 Å². The molecule has 0 saturated heterocycles. The third-order valence-corrected chi connectivity index (χ3v) is 1.98. The van der Waals surface area contributed by atoms with Crippen LogP contribution in [0.2, 0.25) is 0 Å². The predicted octanol–water partition coefficient (Wildman–Crippen LogP) is 1.02. The normalized spacial score (nSPS) is 12.4. The lowest BCUT2D eigenvalue weighted by atomic mass is 10.1. The number of rotatable bonds is 5. The molecule has 1 unspecified atom stereocenters. The Morgan fingerprint density at radius 3 is 3.07 bits per heavy atom. The van der Waals surface area contributed by atoms with Gasteiger partial charge >= 0.3 is 0 Å². The Bertz CT molecular complexity index is 270. The van der Waals surface area contributed by atoms with Gasteiger partial charge in [-0.3, -0.25) is 4.79 Å². The Labute approximate surface area is 83.5 Å². The van der Waals surface area contributed by atoms with Crippen molar-refractivity contribution in [2.75, 3.05) is 0 Å². The monoisotopic (exact) mass is 196 g/mol. The van der Waals surface area contributed by atoms with Crippen LogP contribution in [0.15, 0.2) is 23.0 Å². The lowest BCUT2D eigenvalue weighted by Crippen LogP contribution is -2.39. The van der Waals surface area contributed by atoms with E-state index >= 15 is 0 Å². The first-order valence-electron chi connectivity index (χ1n) is 4.78. The molecule has 14 heavy (non-hydrogen) atoms. The highest BCUT2D eigenvalue weighted by Crippen LogP contribution is 1.99. The molecule has 0 aliphatic heterocycles. The van der Waals surface area contributed by atoms with Crippen molar-refractivity contribution >= 4 is 5.91 Å². The number of carbonyl (C=O) groups excluding carboxylic acids is 1. The fourth-order valence-corrected chi connectivity index (χ4v) is 1.16. The minimum atomic E-state index is -0.396. The Hall–Kier alpha value is -1.29. The van der Waals surface area contributed by atoms with E-state index in [1.165, 1.54) is 0 Å². The molecule has 1 atom stereocenters. The Balaban J connectivity index is 2.27. The lowest BCUT2D eigenvalue weighted by molar-refractivity contribution is -0.122. The second kappa shape index (κ2) is 5.44. The van der Waals surface area contributed by atoms with Gasteiger partial charge in [0, 0.05) is 12.1 Å². The summed E-state index contributed by atoms with van der Waals surface area (Å²) in [6, 6.07) is 1.41. The molecule has 4 heteroatoms. The van der Waals surface area contributed by atoms with E-state index in [0.29, 0.717) is 6.54 Å². The summed E-state index contributed by atoms with van der Waals surface area (Å²) in [5, 5.41) is 2.75. The summed E-state index contributed by atoms with van der Waals surface area (Å²) < 4.78 is 4.87. The van der Waals surface area contributed by atoms with Gasteiger partial charge in [-0.05, 0) is 12.5 Å². The van der Waals surface area contributed by atoms with Gasteiger partial charge < -0.3 is 15.5 Å². The quantitative estimate of drug-likeness (QED) is 0.738. The smallest absolute Gasteiger partial charge is 0.237 e. The Morgan fingerprint density at radius 1 is 1.71 bits per heavy atom. The Kier molecular flexibility index (Phi) is 4.19. The standard InChI is InChI=1S/C10H16N2O2/c1-2-3-9(11)10(13)12-6-8-4-5-14-7-8/h4-5,7,9H,2-3,6,11H2,1H3,(H,12,13). The van der Waals surface area contributed by atoms with Gasteiger partial charge in [-0.25, -0.2) is 0 Å². The second-order valence-electron chi connectivity index (χ2n) is 3.24. The molecule has 0 fully saturated rings. The summed E-state index contributed by atoms with van der Waals surface area (Å²) in [6.45, 7) is 2.48.